The Kier molecular flexibility index (Phi) is 9.93. The summed E-state index contributed by atoms with van der Waals surface area (Å²) in [5.41, 5.74) is -0.289. The second kappa shape index (κ2) is 10.2. The largest absolute Gasteiger partial charge is 0.342 e. The van der Waals surface area contributed by atoms with Crippen molar-refractivity contribution in [1.82, 2.24) is 0 Å². The molecule has 0 atom stereocenters. The molecule has 0 spiro atoms. The first-order valence-corrected chi connectivity index (χ1v) is 8.55. The van der Waals surface area contributed by atoms with Crippen molar-refractivity contribution in [1.29, 1.82) is 0 Å². The number of carbonyl (C=O) groups excluding carboxylic acids is 1. The molecule has 0 aromatic carbocycles. The summed E-state index contributed by atoms with van der Waals surface area (Å²) in [5, 5.41) is 0. The van der Waals surface area contributed by atoms with Crippen molar-refractivity contribution < 1.29 is 14.6 Å². The van der Waals surface area contributed by atoms with Gasteiger partial charge in [0.05, 0.1) is 0 Å². The fraction of sp³-hybridized carbons (Fsp3) is 0.944. The van der Waals surface area contributed by atoms with E-state index in [4.69, 9.17) is 9.78 Å². The molecular weight excluding hydrogens is 264 g/mol. The number of hydrogen-bond acceptors (Lipinski definition) is 3. The van der Waals surface area contributed by atoms with E-state index in [-0.39, 0.29) is 11.4 Å². The van der Waals surface area contributed by atoms with Crippen molar-refractivity contribution in [3.05, 3.63) is 0 Å². The molecule has 0 unspecified atom stereocenters. The van der Waals surface area contributed by atoms with Crippen LogP contribution in [-0.2, 0) is 14.6 Å². The maximum absolute atomic E-state index is 11.6. The van der Waals surface area contributed by atoms with Gasteiger partial charge in [0.1, 0.15) is 5.60 Å². The van der Waals surface area contributed by atoms with Gasteiger partial charge >= 0.3 is 5.97 Å². The molecule has 3 nitrogen and oxygen atoms in total. The monoisotopic (exact) mass is 300 g/mol. The topological polar surface area (TPSA) is 35.5 Å². The third kappa shape index (κ3) is 14.1. The molecule has 0 aliphatic carbocycles. The van der Waals surface area contributed by atoms with Gasteiger partial charge in [-0.05, 0) is 32.1 Å². The summed E-state index contributed by atoms with van der Waals surface area (Å²) >= 11 is 0. The van der Waals surface area contributed by atoms with Gasteiger partial charge in [0.25, 0.3) is 0 Å². The average Bonchev–Trinajstić information content (AvgIpc) is 2.32. The molecular formula is C18H36O3. The van der Waals surface area contributed by atoms with Gasteiger partial charge in [0, 0.05) is 6.42 Å². The predicted molar refractivity (Wildman–Crippen MR) is 87.9 cm³/mol. The molecule has 0 rings (SSSR count). The predicted octanol–water partition coefficient (Wildman–Crippen LogP) is 5.82. The Morgan fingerprint density at radius 3 is 1.90 bits per heavy atom. The van der Waals surface area contributed by atoms with Crippen LogP contribution in [0.25, 0.3) is 0 Å². The van der Waals surface area contributed by atoms with E-state index in [0.29, 0.717) is 6.42 Å². The highest BCUT2D eigenvalue weighted by Gasteiger charge is 2.28. The standard InChI is InChI=1S/C18H36O3/c1-7-8-9-10-11-12-13-14-16(19)20-21-18(5,6)15-17(2,3)4/h7-15H2,1-6H3. The molecule has 0 aliphatic heterocycles. The highest BCUT2D eigenvalue weighted by Crippen LogP contribution is 2.29. The van der Waals surface area contributed by atoms with Gasteiger partial charge in [-0.2, -0.15) is 4.89 Å². The van der Waals surface area contributed by atoms with E-state index < -0.39 is 5.60 Å². The van der Waals surface area contributed by atoms with Crippen molar-refractivity contribution in [2.75, 3.05) is 0 Å². The van der Waals surface area contributed by atoms with Crippen LogP contribution in [0.3, 0.4) is 0 Å². The average molecular weight is 300 g/mol. The molecule has 126 valence electrons. The Hall–Kier alpha value is -0.570. The van der Waals surface area contributed by atoms with Crippen LogP contribution < -0.4 is 0 Å². The summed E-state index contributed by atoms with van der Waals surface area (Å²) in [4.78, 5) is 21.9. The van der Waals surface area contributed by atoms with Crippen molar-refractivity contribution >= 4 is 5.97 Å². The van der Waals surface area contributed by atoms with Crippen molar-refractivity contribution in [2.24, 2.45) is 5.41 Å². The summed E-state index contributed by atoms with van der Waals surface area (Å²) in [5.74, 6) is -0.245. The molecule has 0 aliphatic rings. The van der Waals surface area contributed by atoms with Gasteiger partial charge < -0.3 is 0 Å². The van der Waals surface area contributed by atoms with Crippen LogP contribution in [0.2, 0.25) is 0 Å². The van der Waals surface area contributed by atoms with E-state index in [9.17, 15) is 4.79 Å². The second-order valence-electron chi connectivity index (χ2n) is 7.91. The van der Waals surface area contributed by atoms with Crippen LogP contribution in [0.5, 0.6) is 0 Å². The first-order valence-electron chi connectivity index (χ1n) is 8.55. The van der Waals surface area contributed by atoms with Gasteiger partial charge in [-0.3, -0.25) is 4.89 Å². The highest BCUT2D eigenvalue weighted by atomic mass is 17.2. The summed E-state index contributed by atoms with van der Waals surface area (Å²) in [6.45, 7) is 12.6. The zero-order valence-electron chi connectivity index (χ0n) is 15.1. The second-order valence-corrected chi connectivity index (χ2v) is 7.91. The zero-order chi connectivity index (χ0) is 16.4. The zero-order valence-corrected chi connectivity index (χ0v) is 15.1. The van der Waals surface area contributed by atoms with Crippen LogP contribution in [0, 0.1) is 5.41 Å². The molecule has 0 heterocycles. The third-order valence-electron chi connectivity index (χ3n) is 3.30. The molecule has 0 saturated heterocycles. The third-order valence-corrected chi connectivity index (χ3v) is 3.30. The quantitative estimate of drug-likeness (QED) is 0.274. The van der Waals surface area contributed by atoms with Gasteiger partial charge in [-0.1, -0.05) is 66.2 Å². The molecule has 0 aromatic heterocycles. The molecule has 0 fully saturated rings. The lowest BCUT2D eigenvalue weighted by atomic mass is 9.84. The molecule has 0 aromatic rings. The Labute approximate surface area is 131 Å². The van der Waals surface area contributed by atoms with Crippen LogP contribution in [0.4, 0.5) is 0 Å². The summed E-state index contributed by atoms with van der Waals surface area (Å²) in [6, 6.07) is 0. The van der Waals surface area contributed by atoms with Gasteiger partial charge in [-0.25, -0.2) is 4.79 Å². The fourth-order valence-electron chi connectivity index (χ4n) is 2.73. The van der Waals surface area contributed by atoms with Crippen molar-refractivity contribution in [3.63, 3.8) is 0 Å². The smallest absolute Gasteiger partial charge is 0.298 e. The van der Waals surface area contributed by atoms with Gasteiger partial charge in [0.15, 0.2) is 0 Å². The fourth-order valence-corrected chi connectivity index (χ4v) is 2.73. The van der Waals surface area contributed by atoms with Crippen molar-refractivity contribution in [2.45, 2.75) is 105 Å². The number of hydrogen-bond donors (Lipinski definition) is 0. The number of unbranched alkanes of at least 4 members (excludes halogenated alkanes) is 6. The van der Waals surface area contributed by atoms with Crippen molar-refractivity contribution in [3.8, 4) is 0 Å². The first-order chi connectivity index (χ1) is 9.66. The van der Waals surface area contributed by atoms with Gasteiger partial charge in [0.2, 0.25) is 0 Å². The van der Waals surface area contributed by atoms with Crippen LogP contribution in [0.15, 0.2) is 0 Å². The summed E-state index contributed by atoms with van der Waals surface area (Å²) < 4.78 is 0. The summed E-state index contributed by atoms with van der Waals surface area (Å²) in [6.07, 6.45) is 9.68. The molecule has 0 radical (unpaired) electrons. The van der Waals surface area contributed by atoms with E-state index in [1.165, 1.54) is 32.1 Å². The lowest BCUT2D eigenvalue weighted by molar-refractivity contribution is -0.329. The van der Waals surface area contributed by atoms with Crippen LogP contribution in [-0.4, -0.2) is 11.6 Å². The maximum Gasteiger partial charge on any atom is 0.342 e. The Bertz CT molecular complexity index is 277. The van der Waals surface area contributed by atoms with E-state index in [1.54, 1.807) is 0 Å². The van der Waals surface area contributed by atoms with Crippen LogP contribution in [0.1, 0.15) is 99.3 Å². The minimum absolute atomic E-state index is 0.147. The first kappa shape index (κ1) is 20.4. The van der Waals surface area contributed by atoms with E-state index in [0.717, 1.165) is 19.3 Å². The minimum atomic E-state index is -0.436. The Morgan fingerprint density at radius 1 is 0.857 bits per heavy atom. The highest BCUT2D eigenvalue weighted by molar-refractivity contribution is 5.68. The lowest BCUT2D eigenvalue weighted by Crippen LogP contribution is -2.31. The number of rotatable bonds is 11. The molecule has 3 heteroatoms. The molecule has 0 amide bonds. The van der Waals surface area contributed by atoms with Gasteiger partial charge in [-0.15, -0.1) is 0 Å². The van der Waals surface area contributed by atoms with E-state index >= 15 is 0 Å². The SMILES string of the molecule is CCCCCCCCCC(=O)OOC(C)(C)CC(C)(C)C. The normalized spacial score (nSPS) is 12.5. The number of carbonyl (C=O) groups is 1. The molecule has 0 bridgehead atoms. The Morgan fingerprint density at radius 2 is 1.38 bits per heavy atom. The molecule has 21 heavy (non-hydrogen) atoms. The lowest BCUT2D eigenvalue weighted by Gasteiger charge is -2.30. The molecule has 0 N–H and O–H groups in total. The van der Waals surface area contributed by atoms with E-state index in [1.807, 2.05) is 13.8 Å². The maximum atomic E-state index is 11.6. The van der Waals surface area contributed by atoms with Crippen LogP contribution >= 0.6 is 0 Å². The summed E-state index contributed by atoms with van der Waals surface area (Å²) in [7, 11) is 0. The minimum Gasteiger partial charge on any atom is -0.298 e. The van der Waals surface area contributed by atoms with E-state index in [2.05, 4.69) is 27.7 Å². The Balaban J connectivity index is 3.66. The molecule has 0 saturated carbocycles.